The number of rotatable bonds is 3. The molecule has 1 aliphatic heterocycles. The van der Waals surface area contributed by atoms with Gasteiger partial charge >= 0.3 is 0 Å². The molecule has 0 radical (unpaired) electrons. The molecule has 0 spiro atoms. The normalized spacial score (nSPS) is 12.1. The van der Waals surface area contributed by atoms with Gasteiger partial charge in [0.05, 0.1) is 11.0 Å². The molecule has 46 heavy (non-hydrogen) atoms. The summed E-state index contributed by atoms with van der Waals surface area (Å²) >= 11 is 0. The third-order valence-corrected chi connectivity index (χ3v) is 9.57. The van der Waals surface area contributed by atoms with Gasteiger partial charge in [-0.15, -0.1) is 0 Å². The Morgan fingerprint density at radius 2 is 1.07 bits per heavy atom. The van der Waals surface area contributed by atoms with E-state index in [9.17, 15) is 0 Å². The summed E-state index contributed by atoms with van der Waals surface area (Å²) in [6.07, 6.45) is 0. The van der Waals surface area contributed by atoms with E-state index in [1.807, 2.05) is 12.1 Å². The van der Waals surface area contributed by atoms with Gasteiger partial charge < -0.3 is 9.30 Å². The van der Waals surface area contributed by atoms with Crippen LogP contribution in [0.5, 0.6) is 11.5 Å². The monoisotopic (exact) mass is 585 g/mol. The highest BCUT2D eigenvalue weighted by molar-refractivity contribution is 6.16. The summed E-state index contributed by atoms with van der Waals surface area (Å²) in [6, 6.07) is 59.0. The molecule has 0 atom stereocenters. The molecule has 0 fully saturated rings. The number of para-hydroxylation sites is 3. The topological polar surface area (TPSA) is 14.2 Å². The first kappa shape index (κ1) is 25.2. The van der Waals surface area contributed by atoms with Gasteiger partial charge in [0.15, 0.2) is 0 Å². The molecule has 0 amide bonds. The lowest BCUT2D eigenvalue weighted by atomic mass is 9.89. The van der Waals surface area contributed by atoms with Gasteiger partial charge in [-0.3, -0.25) is 0 Å². The average Bonchev–Trinajstić information content (AvgIpc) is 3.44. The molecule has 1 aromatic heterocycles. The molecule has 0 bridgehead atoms. The fourth-order valence-corrected chi connectivity index (χ4v) is 7.53. The van der Waals surface area contributed by atoms with Crippen molar-refractivity contribution in [2.45, 2.75) is 0 Å². The SMILES string of the molecule is c1ccc(-n2c3ccccc3c3cc4c(-c5cccc(-c6ccc7c8c(cccc68)-c6ccccc6O7)c5)cccc4cc32)cc1. The van der Waals surface area contributed by atoms with Gasteiger partial charge in [0.2, 0.25) is 0 Å². The lowest BCUT2D eigenvalue weighted by molar-refractivity contribution is 0.487. The minimum absolute atomic E-state index is 0.911. The number of aromatic nitrogens is 1. The highest BCUT2D eigenvalue weighted by Crippen LogP contribution is 2.48. The summed E-state index contributed by atoms with van der Waals surface area (Å²) in [7, 11) is 0. The Morgan fingerprint density at radius 3 is 1.98 bits per heavy atom. The number of nitrogens with zero attached hydrogens (tertiary/aromatic N) is 1. The van der Waals surface area contributed by atoms with Gasteiger partial charge in [0, 0.05) is 27.4 Å². The van der Waals surface area contributed by atoms with Crippen LogP contribution in [0, 0.1) is 0 Å². The average molecular weight is 586 g/mol. The summed E-state index contributed by atoms with van der Waals surface area (Å²) < 4.78 is 8.76. The maximum atomic E-state index is 6.38. The van der Waals surface area contributed by atoms with E-state index in [1.165, 1.54) is 76.9 Å². The zero-order chi connectivity index (χ0) is 30.2. The highest BCUT2D eigenvalue weighted by Gasteiger charge is 2.21. The van der Waals surface area contributed by atoms with E-state index in [4.69, 9.17) is 4.74 Å². The molecule has 2 heterocycles. The Labute approximate surface area is 266 Å². The Bertz CT molecular complexity index is 2660. The van der Waals surface area contributed by atoms with Gasteiger partial charge in [-0.2, -0.15) is 0 Å². The van der Waals surface area contributed by atoms with Crippen molar-refractivity contribution in [3.8, 4) is 50.6 Å². The predicted molar refractivity (Wildman–Crippen MR) is 192 cm³/mol. The molecule has 10 rings (SSSR count). The second kappa shape index (κ2) is 9.69. The molecule has 0 unspecified atom stereocenters. The van der Waals surface area contributed by atoms with Gasteiger partial charge in [-0.1, -0.05) is 115 Å². The molecular weight excluding hydrogens is 558 g/mol. The summed E-state index contributed by atoms with van der Waals surface area (Å²) in [5.41, 5.74) is 10.8. The van der Waals surface area contributed by atoms with Gasteiger partial charge in [0.1, 0.15) is 11.5 Å². The Kier molecular flexibility index (Phi) is 5.31. The number of ether oxygens (including phenoxy) is 1. The third-order valence-electron chi connectivity index (χ3n) is 9.57. The largest absolute Gasteiger partial charge is 0.456 e. The number of benzene rings is 8. The Morgan fingerprint density at radius 1 is 0.370 bits per heavy atom. The molecule has 214 valence electrons. The minimum Gasteiger partial charge on any atom is -0.456 e. The lowest BCUT2D eigenvalue weighted by Gasteiger charge is -2.22. The third kappa shape index (κ3) is 3.65. The number of hydrogen-bond acceptors (Lipinski definition) is 1. The number of fused-ring (bicyclic) bond motifs is 6. The van der Waals surface area contributed by atoms with Crippen LogP contribution in [0.3, 0.4) is 0 Å². The van der Waals surface area contributed by atoms with E-state index >= 15 is 0 Å². The van der Waals surface area contributed by atoms with Crippen LogP contribution in [0.4, 0.5) is 0 Å². The second-order valence-electron chi connectivity index (χ2n) is 12.1. The molecule has 0 N–H and O–H groups in total. The van der Waals surface area contributed by atoms with E-state index in [0.717, 1.165) is 17.1 Å². The van der Waals surface area contributed by atoms with E-state index in [1.54, 1.807) is 0 Å². The minimum atomic E-state index is 0.911. The van der Waals surface area contributed by atoms with E-state index in [-0.39, 0.29) is 0 Å². The van der Waals surface area contributed by atoms with Crippen molar-refractivity contribution in [1.82, 2.24) is 4.57 Å². The fraction of sp³-hybridized carbons (Fsp3) is 0. The van der Waals surface area contributed by atoms with Crippen molar-refractivity contribution >= 4 is 43.4 Å². The molecule has 8 aromatic carbocycles. The van der Waals surface area contributed by atoms with Crippen molar-refractivity contribution in [2.24, 2.45) is 0 Å². The van der Waals surface area contributed by atoms with Crippen molar-refractivity contribution in [1.29, 1.82) is 0 Å². The van der Waals surface area contributed by atoms with Crippen LogP contribution < -0.4 is 4.74 Å². The maximum Gasteiger partial charge on any atom is 0.135 e. The van der Waals surface area contributed by atoms with E-state index in [2.05, 4.69) is 156 Å². The van der Waals surface area contributed by atoms with Crippen LogP contribution in [0.15, 0.2) is 164 Å². The van der Waals surface area contributed by atoms with Gasteiger partial charge in [0.25, 0.3) is 0 Å². The molecular formula is C44H27NO. The van der Waals surface area contributed by atoms with E-state index in [0.29, 0.717) is 0 Å². The van der Waals surface area contributed by atoms with Crippen LogP contribution in [0.2, 0.25) is 0 Å². The van der Waals surface area contributed by atoms with E-state index < -0.39 is 0 Å². The second-order valence-corrected chi connectivity index (χ2v) is 12.1. The smallest absolute Gasteiger partial charge is 0.135 e. The van der Waals surface area contributed by atoms with Crippen molar-refractivity contribution in [3.63, 3.8) is 0 Å². The lowest BCUT2D eigenvalue weighted by Crippen LogP contribution is -1.97. The van der Waals surface area contributed by atoms with Crippen molar-refractivity contribution < 1.29 is 4.74 Å². The van der Waals surface area contributed by atoms with Crippen LogP contribution >= 0.6 is 0 Å². The summed E-state index contributed by atoms with van der Waals surface area (Å²) in [6.45, 7) is 0. The predicted octanol–water partition coefficient (Wildman–Crippen LogP) is 12.2. The molecule has 2 nitrogen and oxygen atoms in total. The van der Waals surface area contributed by atoms with Crippen molar-refractivity contribution in [3.05, 3.63) is 164 Å². The standard InChI is InChI=1S/C44H27NO/c1-2-14-31(15-3-1)45-40-21-6-4-16-34(40)39-27-38-30(26-41(39)45)13-9-18-32(38)28-11-8-12-29(25-28)33-23-24-43-44-36(33)19-10-20-37(44)35-17-5-7-22-42(35)46-43/h1-27H. The first-order valence-electron chi connectivity index (χ1n) is 15.8. The Hall–Kier alpha value is -6.12. The molecule has 0 saturated heterocycles. The van der Waals surface area contributed by atoms with Crippen LogP contribution in [-0.4, -0.2) is 4.57 Å². The molecule has 1 aliphatic rings. The zero-order valence-electron chi connectivity index (χ0n) is 24.9. The van der Waals surface area contributed by atoms with Crippen LogP contribution in [0.25, 0.3) is 82.4 Å². The first-order valence-corrected chi connectivity index (χ1v) is 15.8. The summed E-state index contributed by atoms with van der Waals surface area (Å²) in [5.74, 6) is 1.83. The maximum absolute atomic E-state index is 6.38. The van der Waals surface area contributed by atoms with Gasteiger partial charge in [-0.25, -0.2) is 0 Å². The molecule has 9 aromatic rings. The van der Waals surface area contributed by atoms with Crippen LogP contribution in [0.1, 0.15) is 0 Å². The summed E-state index contributed by atoms with van der Waals surface area (Å²) in [4.78, 5) is 0. The van der Waals surface area contributed by atoms with Crippen LogP contribution in [-0.2, 0) is 0 Å². The molecule has 0 aliphatic carbocycles. The quantitative estimate of drug-likeness (QED) is 0.201. The van der Waals surface area contributed by atoms with Gasteiger partial charge in [-0.05, 0) is 92.5 Å². The zero-order valence-corrected chi connectivity index (χ0v) is 24.9. The molecule has 2 heteroatoms. The highest BCUT2D eigenvalue weighted by atomic mass is 16.5. The summed E-state index contributed by atoms with van der Waals surface area (Å²) in [5, 5.41) is 7.39. The number of hydrogen-bond donors (Lipinski definition) is 0. The first-order chi connectivity index (χ1) is 22.8. The van der Waals surface area contributed by atoms with Crippen molar-refractivity contribution in [2.75, 3.05) is 0 Å². The molecule has 0 saturated carbocycles. The fourth-order valence-electron chi connectivity index (χ4n) is 7.53. The Balaban J connectivity index is 1.17.